The van der Waals surface area contributed by atoms with Gasteiger partial charge in [-0.15, -0.1) is 0 Å². The lowest BCUT2D eigenvalue weighted by Crippen LogP contribution is -1.92. The fourth-order valence-corrected chi connectivity index (χ4v) is 11.0. The lowest BCUT2D eigenvalue weighted by Gasteiger charge is -2.12. The van der Waals surface area contributed by atoms with Gasteiger partial charge >= 0.3 is 0 Å². The van der Waals surface area contributed by atoms with Crippen molar-refractivity contribution >= 4 is 88.3 Å². The molecule has 6 aromatic heterocycles. The van der Waals surface area contributed by atoms with E-state index < -0.39 is 0 Å². The molecule has 6 nitrogen and oxygen atoms in total. The Hall–Kier alpha value is -6.92. The number of nitrogens with zero attached hydrogens (tertiary/aromatic N) is 6. The Labute approximate surface area is 321 Å². The largest absolute Gasteiger partial charge is 0.277 e. The SMILES string of the molecule is Cc1cc(C)c(-c2cccc3c2nc2n3c3c4c5ccccc5n5c4c(c4c6ccccc6n2c43)n2c3cccc(-c4c(C)cc(C)cc4C)c3nc25)c(C)c1. The molecule has 0 aliphatic rings. The Morgan fingerprint density at radius 1 is 0.375 bits per heavy atom. The summed E-state index contributed by atoms with van der Waals surface area (Å²) in [6, 6.07) is 40.3. The van der Waals surface area contributed by atoms with Crippen molar-refractivity contribution in [3.63, 3.8) is 0 Å². The zero-order valence-electron chi connectivity index (χ0n) is 32.1. The van der Waals surface area contributed by atoms with Crippen molar-refractivity contribution < 1.29 is 0 Å². The summed E-state index contributed by atoms with van der Waals surface area (Å²) in [5.41, 5.74) is 23.9. The topological polar surface area (TPSA) is 43.4 Å². The second kappa shape index (κ2) is 10.0. The van der Waals surface area contributed by atoms with Crippen LogP contribution in [0.4, 0.5) is 0 Å². The van der Waals surface area contributed by atoms with Crippen molar-refractivity contribution in [3.8, 4) is 22.3 Å². The van der Waals surface area contributed by atoms with Crippen LogP contribution < -0.4 is 0 Å². The molecule has 13 aromatic rings. The van der Waals surface area contributed by atoms with Crippen LogP contribution in [0.5, 0.6) is 0 Å². The number of benzene rings is 7. The summed E-state index contributed by atoms with van der Waals surface area (Å²) >= 11 is 0. The molecule has 6 heteroatoms. The Bertz CT molecular complexity index is 3580. The summed E-state index contributed by atoms with van der Waals surface area (Å²) in [5, 5.41) is 4.91. The second-order valence-electron chi connectivity index (χ2n) is 16.2. The minimum atomic E-state index is 0.940. The highest BCUT2D eigenvalue weighted by Crippen LogP contribution is 2.49. The number of imidazole rings is 4. The lowest BCUT2D eigenvalue weighted by molar-refractivity contribution is 1.21. The highest BCUT2D eigenvalue weighted by Gasteiger charge is 2.32. The van der Waals surface area contributed by atoms with E-state index in [1.165, 1.54) is 99.2 Å². The molecule has 0 saturated heterocycles. The highest BCUT2D eigenvalue weighted by molar-refractivity contribution is 6.37. The first kappa shape index (κ1) is 30.4. The zero-order valence-corrected chi connectivity index (χ0v) is 32.1. The van der Waals surface area contributed by atoms with Crippen molar-refractivity contribution in [2.45, 2.75) is 41.5 Å². The van der Waals surface area contributed by atoms with Gasteiger partial charge < -0.3 is 0 Å². The van der Waals surface area contributed by atoms with Crippen LogP contribution in [0.25, 0.3) is 111 Å². The molecule has 0 fully saturated rings. The molecular weight excluding hydrogens is 685 g/mol. The quantitative estimate of drug-likeness (QED) is 0.178. The van der Waals surface area contributed by atoms with Gasteiger partial charge in [0.15, 0.2) is 0 Å². The maximum absolute atomic E-state index is 5.63. The van der Waals surface area contributed by atoms with Gasteiger partial charge in [0.2, 0.25) is 11.6 Å². The maximum Gasteiger partial charge on any atom is 0.220 e. The van der Waals surface area contributed by atoms with Crippen molar-refractivity contribution in [1.82, 2.24) is 27.6 Å². The van der Waals surface area contributed by atoms with Crippen molar-refractivity contribution in [2.24, 2.45) is 0 Å². The van der Waals surface area contributed by atoms with E-state index in [0.29, 0.717) is 0 Å². The predicted octanol–water partition coefficient (Wildman–Crippen LogP) is 12.5. The van der Waals surface area contributed by atoms with Gasteiger partial charge in [-0.2, -0.15) is 0 Å². The van der Waals surface area contributed by atoms with E-state index in [4.69, 9.17) is 9.97 Å². The molecular formula is C50H36N6. The van der Waals surface area contributed by atoms with Crippen LogP contribution in [0.1, 0.15) is 33.4 Å². The first-order chi connectivity index (χ1) is 27.3. The number of aromatic nitrogens is 6. The summed E-state index contributed by atoms with van der Waals surface area (Å²) in [5.74, 6) is 1.88. The fraction of sp³-hybridized carbons (Fsp3) is 0.120. The van der Waals surface area contributed by atoms with Crippen LogP contribution >= 0.6 is 0 Å². The first-order valence-corrected chi connectivity index (χ1v) is 19.5. The van der Waals surface area contributed by atoms with Gasteiger partial charge in [-0.05, 0) is 99.2 Å². The van der Waals surface area contributed by atoms with Crippen LogP contribution in [0.2, 0.25) is 0 Å². The molecule has 7 aromatic carbocycles. The average Bonchev–Trinajstić information content (AvgIpc) is 3.99. The van der Waals surface area contributed by atoms with E-state index >= 15 is 0 Å². The first-order valence-electron chi connectivity index (χ1n) is 19.5. The summed E-state index contributed by atoms with van der Waals surface area (Å²) in [6.45, 7) is 13.3. The van der Waals surface area contributed by atoms with Crippen LogP contribution in [-0.4, -0.2) is 27.6 Å². The predicted molar refractivity (Wildman–Crippen MR) is 233 cm³/mol. The summed E-state index contributed by atoms with van der Waals surface area (Å²) in [7, 11) is 0. The molecule has 0 amide bonds. The summed E-state index contributed by atoms with van der Waals surface area (Å²) in [6.07, 6.45) is 0. The Morgan fingerprint density at radius 2 is 0.714 bits per heavy atom. The standard InChI is InChI=1S/C50H36N6/c1-25-21-27(3)39(28(4)22-25)33-15-11-19-37-43(33)51-49-53-35-17-9-7-13-31(35)42-45(53)47(55(37)49)41-32-14-8-10-18-36(32)54-46(41)48(42)56-38-20-12-16-34(44(38)52-50(54)56)40-29(5)23-26(2)24-30(40)6/h7-24H,1-6H3. The molecule has 0 unspecified atom stereocenters. The number of aryl methyl sites for hydroxylation is 6. The molecule has 13 rings (SSSR count). The van der Waals surface area contributed by atoms with Gasteiger partial charge in [-0.25, -0.2) is 9.97 Å². The number of fused-ring (bicyclic) bond motifs is 18. The van der Waals surface area contributed by atoms with Gasteiger partial charge in [-0.1, -0.05) is 96.1 Å². The molecule has 6 heterocycles. The number of hydrogen-bond acceptors (Lipinski definition) is 2. The molecule has 0 aliphatic carbocycles. The molecule has 266 valence electrons. The Morgan fingerprint density at radius 3 is 1.11 bits per heavy atom. The van der Waals surface area contributed by atoms with E-state index in [-0.39, 0.29) is 0 Å². The van der Waals surface area contributed by atoms with Crippen LogP contribution in [0.15, 0.2) is 109 Å². The molecule has 56 heavy (non-hydrogen) atoms. The van der Waals surface area contributed by atoms with Gasteiger partial charge in [-0.3, -0.25) is 17.6 Å². The van der Waals surface area contributed by atoms with E-state index in [1.54, 1.807) is 0 Å². The third-order valence-electron chi connectivity index (χ3n) is 12.7. The Kier molecular flexibility index (Phi) is 5.45. The molecule has 0 N–H and O–H groups in total. The van der Waals surface area contributed by atoms with Gasteiger partial charge in [0.1, 0.15) is 0 Å². The van der Waals surface area contributed by atoms with Crippen molar-refractivity contribution in [1.29, 1.82) is 0 Å². The number of para-hydroxylation sites is 4. The molecule has 0 aliphatic heterocycles. The second-order valence-corrected chi connectivity index (χ2v) is 16.2. The van der Waals surface area contributed by atoms with Crippen LogP contribution in [-0.2, 0) is 0 Å². The van der Waals surface area contributed by atoms with E-state index in [2.05, 4.69) is 168 Å². The Balaban J connectivity index is 1.28. The van der Waals surface area contributed by atoms with Crippen molar-refractivity contribution in [2.75, 3.05) is 0 Å². The summed E-state index contributed by atoms with van der Waals surface area (Å²) in [4.78, 5) is 11.3. The van der Waals surface area contributed by atoms with Gasteiger partial charge in [0.05, 0.1) is 55.2 Å². The number of rotatable bonds is 2. The molecule has 0 bridgehead atoms. The summed E-state index contributed by atoms with van der Waals surface area (Å²) < 4.78 is 9.76. The minimum absolute atomic E-state index is 0.940. The maximum atomic E-state index is 5.63. The lowest BCUT2D eigenvalue weighted by atomic mass is 9.93. The highest BCUT2D eigenvalue weighted by atomic mass is 15.2. The van der Waals surface area contributed by atoms with E-state index in [9.17, 15) is 0 Å². The fourth-order valence-electron chi connectivity index (χ4n) is 11.0. The van der Waals surface area contributed by atoms with Crippen molar-refractivity contribution in [3.05, 3.63) is 143 Å². The molecule has 0 saturated carbocycles. The molecule has 0 spiro atoms. The third kappa shape index (κ3) is 3.42. The molecule has 0 atom stereocenters. The van der Waals surface area contributed by atoms with Crippen LogP contribution in [0.3, 0.4) is 0 Å². The minimum Gasteiger partial charge on any atom is -0.277 e. The monoisotopic (exact) mass is 720 g/mol. The molecule has 0 radical (unpaired) electrons. The third-order valence-corrected chi connectivity index (χ3v) is 12.7. The normalized spacial score (nSPS) is 12.8. The van der Waals surface area contributed by atoms with Gasteiger partial charge in [0.25, 0.3) is 0 Å². The van der Waals surface area contributed by atoms with E-state index in [0.717, 1.165) is 44.7 Å². The van der Waals surface area contributed by atoms with Gasteiger partial charge in [0, 0.05) is 32.7 Å². The zero-order chi connectivity index (χ0) is 37.5. The smallest absolute Gasteiger partial charge is 0.220 e. The van der Waals surface area contributed by atoms with E-state index in [1.807, 2.05) is 0 Å². The van der Waals surface area contributed by atoms with Crippen LogP contribution in [0, 0.1) is 41.5 Å². The number of hydrogen-bond donors (Lipinski definition) is 0. The average molecular weight is 721 g/mol.